The van der Waals surface area contributed by atoms with Gasteiger partial charge in [-0.05, 0) is 30.7 Å². The Labute approximate surface area is 165 Å². The van der Waals surface area contributed by atoms with Crippen LogP contribution in [0, 0.1) is 0 Å². The van der Waals surface area contributed by atoms with Gasteiger partial charge < -0.3 is 10.1 Å². The van der Waals surface area contributed by atoms with Crippen molar-refractivity contribution in [2.45, 2.75) is 17.4 Å². The highest BCUT2D eigenvalue weighted by Crippen LogP contribution is 2.16. The average Bonchev–Trinajstić information content (AvgIpc) is 2.75. The van der Waals surface area contributed by atoms with Gasteiger partial charge in [-0.25, -0.2) is 4.79 Å². The largest absolute Gasteiger partial charge is 0.467 e. The molecule has 3 aromatic rings. The van der Waals surface area contributed by atoms with Gasteiger partial charge in [0.05, 0.1) is 29.0 Å². The van der Waals surface area contributed by atoms with Crippen LogP contribution in [0.1, 0.15) is 16.8 Å². The number of benzene rings is 2. The van der Waals surface area contributed by atoms with E-state index in [9.17, 15) is 13.8 Å². The summed E-state index contributed by atoms with van der Waals surface area (Å²) in [5.41, 5.74) is 1.11. The predicted octanol–water partition coefficient (Wildman–Crippen LogP) is 2.70. The van der Waals surface area contributed by atoms with Crippen LogP contribution in [0.15, 0.2) is 71.8 Å². The minimum Gasteiger partial charge on any atom is -0.467 e. The molecule has 0 aliphatic heterocycles. The van der Waals surface area contributed by atoms with Crippen molar-refractivity contribution >= 4 is 33.6 Å². The molecule has 0 unspecified atom stereocenters. The van der Waals surface area contributed by atoms with Crippen LogP contribution in [-0.2, 0) is 20.3 Å². The van der Waals surface area contributed by atoms with Crippen molar-refractivity contribution < 1.29 is 18.5 Å². The first-order chi connectivity index (χ1) is 13.6. The number of nitrogens with zero attached hydrogens (tertiary/aromatic N) is 1. The summed E-state index contributed by atoms with van der Waals surface area (Å²) in [7, 11) is -0.0118. The lowest BCUT2D eigenvalue weighted by atomic mass is 10.1. The van der Waals surface area contributed by atoms with Crippen LogP contribution < -0.4 is 5.32 Å². The lowest BCUT2D eigenvalue weighted by Crippen LogP contribution is -2.42. The molecule has 0 bridgehead atoms. The molecule has 144 valence electrons. The Morgan fingerprint density at radius 1 is 1.07 bits per heavy atom. The van der Waals surface area contributed by atoms with Crippen molar-refractivity contribution in [2.75, 3.05) is 12.9 Å². The first-order valence-corrected chi connectivity index (χ1v) is 10.1. The summed E-state index contributed by atoms with van der Waals surface area (Å²) in [6.45, 7) is 0. The summed E-state index contributed by atoms with van der Waals surface area (Å²) in [5, 5.41) is 3.40. The Morgan fingerprint density at radius 3 is 2.54 bits per heavy atom. The van der Waals surface area contributed by atoms with E-state index in [2.05, 4.69) is 10.3 Å². The molecule has 0 aliphatic rings. The van der Waals surface area contributed by atoms with Gasteiger partial charge in [0.1, 0.15) is 6.04 Å². The summed E-state index contributed by atoms with van der Waals surface area (Å²) in [6.07, 6.45) is 1.75. The molecule has 0 saturated heterocycles. The van der Waals surface area contributed by atoms with Crippen LogP contribution in [0.5, 0.6) is 0 Å². The number of methoxy groups -OCH3 is 1. The molecule has 0 saturated carbocycles. The van der Waals surface area contributed by atoms with Crippen molar-refractivity contribution in [1.82, 2.24) is 10.3 Å². The number of aromatic nitrogens is 1. The molecule has 3 rings (SSSR count). The van der Waals surface area contributed by atoms with Crippen LogP contribution in [-0.4, -0.2) is 40.0 Å². The lowest BCUT2D eigenvalue weighted by molar-refractivity contribution is -0.142. The summed E-state index contributed by atoms with van der Waals surface area (Å²) >= 11 is 0. The quantitative estimate of drug-likeness (QED) is 0.621. The van der Waals surface area contributed by atoms with Gasteiger partial charge in [0, 0.05) is 22.2 Å². The van der Waals surface area contributed by atoms with E-state index >= 15 is 0 Å². The zero-order chi connectivity index (χ0) is 19.9. The van der Waals surface area contributed by atoms with Gasteiger partial charge in [-0.1, -0.05) is 36.4 Å². The van der Waals surface area contributed by atoms with E-state index in [-0.39, 0.29) is 12.2 Å². The summed E-state index contributed by atoms with van der Waals surface area (Å²) in [5.74, 6) is -0.752. The Hall–Kier alpha value is -3.06. The number of rotatable bonds is 7. The first kappa shape index (κ1) is 19.7. The molecule has 0 aliphatic carbocycles. The third kappa shape index (κ3) is 4.61. The smallest absolute Gasteiger partial charge is 0.328 e. The lowest BCUT2D eigenvalue weighted by Gasteiger charge is -2.17. The Kier molecular flexibility index (Phi) is 6.49. The maximum atomic E-state index is 12.8. The molecule has 0 fully saturated rings. The number of fused-ring (bicyclic) bond motifs is 1. The number of amides is 1. The van der Waals surface area contributed by atoms with E-state index in [4.69, 9.17) is 4.74 Å². The average molecular weight is 396 g/mol. The number of hydrogen-bond donors (Lipinski definition) is 1. The molecule has 6 nitrogen and oxygen atoms in total. The minimum absolute atomic E-state index is 0.197. The van der Waals surface area contributed by atoms with Crippen LogP contribution in [0.3, 0.4) is 0 Å². The molecule has 0 spiro atoms. The SMILES string of the molecule is COC(=O)[C@@H](CC[S@](=O)c1ccccc1)NC(=O)c1ccnc2ccccc12. The second kappa shape index (κ2) is 9.23. The summed E-state index contributed by atoms with van der Waals surface area (Å²) in [6, 6.07) is 17.0. The number of para-hydroxylation sites is 1. The van der Waals surface area contributed by atoms with Gasteiger partial charge in [-0.3, -0.25) is 14.0 Å². The van der Waals surface area contributed by atoms with Crippen molar-refractivity contribution in [3.63, 3.8) is 0 Å². The number of ether oxygens (including phenoxy) is 1. The van der Waals surface area contributed by atoms with Crippen molar-refractivity contribution in [3.05, 3.63) is 72.4 Å². The minimum atomic E-state index is -1.27. The van der Waals surface area contributed by atoms with Crippen LogP contribution in [0.4, 0.5) is 0 Å². The molecule has 1 heterocycles. The number of carbonyl (C=O) groups is 2. The fourth-order valence-corrected chi connectivity index (χ4v) is 3.98. The third-order valence-corrected chi connectivity index (χ3v) is 5.69. The van der Waals surface area contributed by atoms with Gasteiger partial charge in [0.25, 0.3) is 5.91 Å². The van der Waals surface area contributed by atoms with Gasteiger partial charge >= 0.3 is 5.97 Å². The van der Waals surface area contributed by atoms with Crippen LogP contribution >= 0.6 is 0 Å². The summed E-state index contributed by atoms with van der Waals surface area (Å²) in [4.78, 5) is 29.8. The molecule has 1 aromatic heterocycles. The molecule has 7 heteroatoms. The standard InChI is InChI=1S/C21H20N2O4S/c1-27-21(25)19(12-14-28(26)15-7-3-2-4-8-15)23-20(24)17-11-13-22-18-10-6-5-9-16(17)18/h2-11,13,19H,12,14H2,1H3,(H,23,24)/t19-,28+/m1/s1. The highest BCUT2D eigenvalue weighted by Gasteiger charge is 2.24. The number of carbonyl (C=O) groups excluding carboxylic acids is 2. The van der Waals surface area contributed by atoms with Gasteiger partial charge in [0.15, 0.2) is 0 Å². The third-order valence-electron chi connectivity index (χ3n) is 4.28. The molecule has 1 amide bonds. The second-order valence-corrected chi connectivity index (χ2v) is 7.65. The zero-order valence-electron chi connectivity index (χ0n) is 15.3. The van der Waals surface area contributed by atoms with Crippen molar-refractivity contribution in [3.8, 4) is 0 Å². The van der Waals surface area contributed by atoms with Gasteiger partial charge in [-0.2, -0.15) is 0 Å². The zero-order valence-corrected chi connectivity index (χ0v) is 16.1. The van der Waals surface area contributed by atoms with E-state index in [0.29, 0.717) is 21.4 Å². The monoisotopic (exact) mass is 396 g/mol. The number of hydrogen-bond acceptors (Lipinski definition) is 5. The number of pyridine rings is 1. The first-order valence-electron chi connectivity index (χ1n) is 8.76. The molecular formula is C21H20N2O4S. The normalized spacial score (nSPS) is 12.9. The maximum absolute atomic E-state index is 12.8. The van der Waals surface area contributed by atoms with E-state index in [0.717, 1.165) is 0 Å². The maximum Gasteiger partial charge on any atom is 0.328 e. The molecular weight excluding hydrogens is 376 g/mol. The van der Waals surface area contributed by atoms with Gasteiger partial charge in [0.2, 0.25) is 0 Å². The number of nitrogens with one attached hydrogen (secondary N) is 1. The van der Waals surface area contributed by atoms with Crippen LogP contribution in [0.25, 0.3) is 10.9 Å². The van der Waals surface area contributed by atoms with Gasteiger partial charge in [-0.15, -0.1) is 0 Å². The topological polar surface area (TPSA) is 85.4 Å². The Balaban J connectivity index is 1.74. The summed E-state index contributed by atoms with van der Waals surface area (Å²) < 4.78 is 17.2. The highest BCUT2D eigenvalue weighted by molar-refractivity contribution is 7.85. The highest BCUT2D eigenvalue weighted by atomic mass is 32.2. The molecule has 2 aromatic carbocycles. The molecule has 2 atom stereocenters. The van der Waals surface area contributed by atoms with E-state index < -0.39 is 28.7 Å². The van der Waals surface area contributed by atoms with Crippen molar-refractivity contribution in [1.29, 1.82) is 0 Å². The molecule has 0 radical (unpaired) electrons. The Morgan fingerprint density at radius 2 is 1.79 bits per heavy atom. The van der Waals surface area contributed by atoms with Crippen molar-refractivity contribution in [2.24, 2.45) is 0 Å². The predicted molar refractivity (Wildman–Crippen MR) is 107 cm³/mol. The Bertz CT molecular complexity index is 1000. The molecule has 1 N–H and O–H groups in total. The van der Waals surface area contributed by atoms with Crippen LogP contribution in [0.2, 0.25) is 0 Å². The fraction of sp³-hybridized carbons (Fsp3) is 0.190. The number of esters is 1. The second-order valence-electron chi connectivity index (χ2n) is 6.08. The molecule has 28 heavy (non-hydrogen) atoms. The fourth-order valence-electron chi connectivity index (χ4n) is 2.84. The van der Waals surface area contributed by atoms with E-state index in [1.807, 2.05) is 24.3 Å². The van der Waals surface area contributed by atoms with E-state index in [1.165, 1.54) is 7.11 Å². The van der Waals surface area contributed by atoms with E-state index in [1.54, 1.807) is 42.6 Å².